The molecule has 3 N–H and O–H groups in total. The number of aromatic nitrogens is 3. The number of nitrogens with one attached hydrogen (secondary N) is 1. The number of amides is 1. The molecule has 1 unspecified atom stereocenters. The summed E-state index contributed by atoms with van der Waals surface area (Å²) in [5.74, 6) is 0.123. The van der Waals surface area contributed by atoms with Gasteiger partial charge in [0.2, 0.25) is 17.0 Å². The van der Waals surface area contributed by atoms with Crippen LogP contribution < -0.4 is 11.1 Å². The van der Waals surface area contributed by atoms with E-state index in [-0.39, 0.29) is 5.82 Å². The zero-order valence-electron chi connectivity index (χ0n) is 15.4. The molecule has 9 heteroatoms. The van der Waals surface area contributed by atoms with Gasteiger partial charge in [-0.15, -0.1) is 5.10 Å². The summed E-state index contributed by atoms with van der Waals surface area (Å²) in [7, 11) is 0. The van der Waals surface area contributed by atoms with Crippen LogP contribution in [0.1, 0.15) is 24.1 Å². The first kappa shape index (κ1) is 19.7. The second kappa shape index (κ2) is 8.00. The quantitative estimate of drug-likeness (QED) is 0.541. The van der Waals surface area contributed by atoms with Gasteiger partial charge in [-0.2, -0.15) is 4.98 Å². The number of halogens is 2. The van der Waals surface area contributed by atoms with Crippen molar-refractivity contribution in [1.82, 2.24) is 14.8 Å². The van der Waals surface area contributed by atoms with Crippen molar-refractivity contribution in [1.29, 1.82) is 0 Å². The Bertz CT molecular complexity index is 1110. The second-order valence-electron chi connectivity index (χ2n) is 6.52. The molecule has 0 saturated heterocycles. The Hall–Kier alpha value is -2.65. The molecule has 1 atom stereocenters. The fraction of sp³-hybridized carbons (Fsp3) is 0.150. The highest BCUT2D eigenvalue weighted by Crippen LogP contribution is 2.36. The predicted octanol–water partition coefficient (Wildman–Crippen LogP) is 4.25. The van der Waals surface area contributed by atoms with Crippen LogP contribution in [0.2, 0.25) is 0 Å². The second-order valence-corrected chi connectivity index (χ2v) is 8.38. The van der Waals surface area contributed by atoms with Crippen molar-refractivity contribution >= 4 is 39.5 Å². The van der Waals surface area contributed by atoms with Crippen LogP contribution in [0.3, 0.4) is 0 Å². The molecule has 148 valence electrons. The van der Waals surface area contributed by atoms with Crippen LogP contribution in [0.25, 0.3) is 0 Å². The number of hydrogen-bond acceptors (Lipinski definition) is 5. The molecular weight excluding hydrogens is 457 g/mol. The molecule has 29 heavy (non-hydrogen) atoms. The Morgan fingerprint density at radius 2 is 2.00 bits per heavy atom. The average molecular weight is 474 g/mol. The van der Waals surface area contributed by atoms with Gasteiger partial charge in [0.05, 0.1) is 5.57 Å². The first-order valence-electron chi connectivity index (χ1n) is 8.80. The lowest BCUT2D eigenvalue weighted by molar-refractivity contribution is -0.115. The molecular formula is C20H17BrFN5OS. The molecule has 1 aliphatic heterocycles. The number of allylic oxidation sites excluding steroid dienone is 1. The molecule has 6 nitrogen and oxygen atoms in total. The van der Waals surface area contributed by atoms with E-state index in [0.717, 1.165) is 10.0 Å². The molecule has 0 saturated carbocycles. The number of carbonyl (C=O) groups excluding carboxylic acids is 1. The standard InChI is InChI=1S/C20H17BrFN5OS/c1-11-16(18(23)28)17(12-6-8-14(21)9-7-12)27-19(24-11)25-20(26-27)29-10-13-4-2-3-5-15(13)22/h2-9,17H,10H2,1H3,(H2,23,28)(H,24,25,26). The van der Waals surface area contributed by atoms with Crippen molar-refractivity contribution < 1.29 is 9.18 Å². The highest BCUT2D eigenvalue weighted by atomic mass is 79.9. The maximum atomic E-state index is 13.9. The highest BCUT2D eigenvalue weighted by molar-refractivity contribution is 9.10. The van der Waals surface area contributed by atoms with Gasteiger partial charge >= 0.3 is 0 Å². The lowest BCUT2D eigenvalue weighted by atomic mass is 9.95. The van der Waals surface area contributed by atoms with Crippen LogP contribution in [0, 0.1) is 5.82 Å². The van der Waals surface area contributed by atoms with E-state index in [9.17, 15) is 9.18 Å². The Morgan fingerprint density at radius 1 is 1.28 bits per heavy atom. The minimum atomic E-state index is -0.523. The van der Waals surface area contributed by atoms with E-state index < -0.39 is 11.9 Å². The molecule has 1 amide bonds. The molecule has 0 aliphatic carbocycles. The van der Waals surface area contributed by atoms with Crippen LogP contribution >= 0.6 is 27.7 Å². The van der Waals surface area contributed by atoms with E-state index in [2.05, 4.69) is 31.3 Å². The predicted molar refractivity (Wildman–Crippen MR) is 114 cm³/mol. The summed E-state index contributed by atoms with van der Waals surface area (Å²) in [6.07, 6.45) is 0. The molecule has 0 spiro atoms. The zero-order valence-corrected chi connectivity index (χ0v) is 17.8. The lowest BCUT2D eigenvalue weighted by Crippen LogP contribution is -2.31. The van der Waals surface area contributed by atoms with Crippen molar-refractivity contribution in [2.45, 2.75) is 23.9 Å². The molecule has 0 radical (unpaired) electrons. The van der Waals surface area contributed by atoms with Crippen LogP contribution in [-0.4, -0.2) is 20.7 Å². The molecule has 0 fully saturated rings. The van der Waals surface area contributed by atoms with Gasteiger partial charge in [0, 0.05) is 15.9 Å². The molecule has 2 heterocycles. The summed E-state index contributed by atoms with van der Waals surface area (Å²) < 4.78 is 16.5. The molecule has 1 aliphatic rings. The number of carbonyl (C=O) groups is 1. The monoisotopic (exact) mass is 473 g/mol. The number of primary amides is 1. The van der Waals surface area contributed by atoms with Gasteiger partial charge in [0.15, 0.2) is 0 Å². The minimum Gasteiger partial charge on any atom is -0.366 e. The number of rotatable bonds is 5. The number of thioether (sulfide) groups is 1. The minimum absolute atomic E-state index is 0.261. The molecule has 0 bridgehead atoms. The first-order chi connectivity index (χ1) is 13.9. The van der Waals surface area contributed by atoms with E-state index in [4.69, 9.17) is 5.73 Å². The third-order valence-corrected chi connectivity index (χ3v) is 6.01. The van der Waals surface area contributed by atoms with E-state index in [1.807, 2.05) is 24.3 Å². The Morgan fingerprint density at radius 3 is 2.69 bits per heavy atom. The van der Waals surface area contributed by atoms with Crippen molar-refractivity contribution in [3.63, 3.8) is 0 Å². The summed E-state index contributed by atoms with van der Waals surface area (Å²) in [5, 5.41) is 8.16. The maximum absolute atomic E-state index is 13.9. The largest absolute Gasteiger partial charge is 0.366 e. The van der Waals surface area contributed by atoms with E-state index >= 15 is 0 Å². The van der Waals surface area contributed by atoms with E-state index in [1.54, 1.807) is 29.8 Å². The number of hydrogen-bond donors (Lipinski definition) is 2. The number of benzene rings is 2. The average Bonchev–Trinajstić information content (AvgIpc) is 3.09. The van der Waals surface area contributed by atoms with Gasteiger partial charge < -0.3 is 11.1 Å². The van der Waals surface area contributed by atoms with Crippen LogP contribution in [0.15, 0.2) is 69.4 Å². The van der Waals surface area contributed by atoms with Crippen LogP contribution in [-0.2, 0) is 10.5 Å². The normalized spacial score (nSPS) is 15.8. The fourth-order valence-electron chi connectivity index (χ4n) is 3.22. The fourth-order valence-corrected chi connectivity index (χ4v) is 4.30. The highest BCUT2D eigenvalue weighted by Gasteiger charge is 2.33. The summed E-state index contributed by atoms with van der Waals surface area (Å²) in [6, 6.07) is 13.7. The summed E-state index contributed by atoms with van der Waals surface area (Å²) in [6.45, 7) is 1.79. The molecule has 3 aromatic rings. The lowest BCUT2D eigenvalue weighted by Gasteiger charge is -2.27. The van der Waals surface area contributed by atoms with Gasteiger partial charge in [-0.3, -0.25) is 4.79 Å². The third kappa shape index (κ3) is 3.92. The first-order valence-corrected chi connectivity index (χ1v) is 10.6. The topological polar surface area (TPSA) is 85.8 Å². The zero-order chi connectivity index (χ0) is 20.5. The molecule has 4 rings (SSSR count). The van der Waals surface area contributed by atoms with Crippen LogP contribution in [0.5, 0.6) is 0 Å². The van der Waals surface area contributed by atoms with Gasteiger partial charge in [-0.1, -0.05) is 58.0 Å². The van der Waals surface area contributed by atoms with E-state index in [0.29, 0.717) is 33.7 Å². The van der Waals surface area contributed by atoms with Crippen molar-refractivity contribution in [2.75, 3.05) is 5.32 Å². The summed E-state index contributed by atoms with van der Waals surface area (Å²) in [5.41, 5.74) is 8.18. The SMILES string of the molecule is CC1=C(C(N)=O)C(c2ccc(Br)cc2)n2nc(SCc3ccccc3F)nc2N1. The Kier molecular flexibility index (Phi) is 5.42. The Balaban J connectivity index is 1.69. The Labute approximate surface area is 179 Å². The number of anilines is 1. The smallest absolute Gasteiger partial charge is 0.248 e. The summed E-state index contributed by atoms with van der Waals surface area (Å²) >= 11 is 4.75. The summed E-state index contributed by atoms with van der Waals surface area (Å²) in [4.78, 5) is 16.7. The molecule has 2 aromatic carbocycles. The third-order valence-electron chi connectivity index (χ3n) is 4.60. The van der Waals surface area contributed by atoms with Gasteiger partial charge in [0.25, 0.3) is 0 Å². The van der Waals surface area contributed by atoms with Crippen molar-refractivity contribution in [2.24, 2.45) is 5.73 Å². The van der Waals surface area contributed by atoms with Crippen molar-refractivity contribution in [3.05, 3.63) is 81.2 Å². The van der Waals surface area contributed by atoms with Crippen LogP contribution in [0.4, 0.5) is 10.3 Å². The number of fused-ring (bicyclic) bond motifs is 1. The van der Waals surface area contributed by atoms with Gasteiger partial charge in [-0.25, -0.2) is 9.07 Å². The van der Waals surface area contributed by atoms with Gasteiger partial charge in [0.1, 0.15) is 11.9 Å². The van der Waals surface area contributed by atoms with Crippen molar-refractivity contribution in [3.8, 4) is 0 Å². The van der Waals surface area contributed by atoms with Gasteiger partial charge in [-0.05, 0) is 36.2 Å². The van der Waals surface area contributed by atoms with E-state index in [1.165, 1.54) is 17.8 Å². The number of nitrogens with two attached hydrogens (primary N) is 1. The number of nitrogens with zero attached hydrogens (tertiary/aromatic N) is 3. The molecule has 1 aromatic heterocycles. The maximum Gasteiger partial charge on any atom is 0.248 e.